The lowest BCUT2D eigenvalue weighted by Gasteiger charge is -2.32. The highest BCUT2D eigenvalue weighted by molar-refractivity contribution is 5.79. The summed E-state index contributed by atoms with van der Waals surface area (Å²) in [6.07, 6.45) is 1.40. The standard InChI is InChI=1S/C14H25NO4/c1-4-18-9-10-19-14(17)12-5-7-15(8-6-12)13(16)11(2)3/h11-12H,4-10H2,1-3H3. The van der Waals surface area contributed by atoms with E-state index in [2.05, 4.69) is 0 Å². The fourth-order valence-corrected chi connectivity index (χ4v) is 2.16. The molecule has 1 heterocycles. The summed E-state index contributed by atoms with van der Waals surface area (Å²) in [6, 6.07) is 0. The summed E-state index contributed by atoms with van der Waals surface area (Å²) in [7, 11) is 0. The number of esters is 1. The van der Waals surface area contributed by atoms with Gasteiger partial charge in [0.15, 0.2) is 0 Å². The Bertz CT molecular complexity index is 296. The molecule has 0 unspecified atom stereocenters. The fourth-order valence-electron chi connectivity index (χ4n) is 2.16. The minimum atomic E-state index is -0.156. The minimum Gasteiger partial charge on any atom is -0.463 e. The van der Waals surface area contributed by atoms with Crippen molar-refractivity contribution in [2.75, 3.05) is 32.9 Å². The third-order valence-electron chi connectivity index (χ3n) is 3.31. The third-order valence-corrected chi connectivity index (χ3v) is 3.31. The summed E-state index contributed by atoms with van der Waals surface area (Å²) in [6.45, 7) is 8.42. The molecular formula is C14H25NO4. The van der Waals surface area contributed by atoms with Crippen molar-refractivity contribution < 1.29 is 19.1 Å². The van der Waals surface area contributed by atoms with E-state index in [4.69, 9.17) is 9.47 Å². The van der Waals surface area contributed by atoms with Gasteiger partial charge in [-0.15, -0.1) is 0 Å². The molecule has 0 aliphatic carbocycles. The summed E-state index contributed by atoms with van der Waals surface area (Å²) >= 11 is 0. The molecule has 5 nitrogen and oxygen atoms in total. The average Bonchev–Trinajstić information content (AvgIpc) is 2.42. The van der Waals surface area contributed by atoms with Crippen LogP contribution >= 0.6 is 0 Å². The number of likely N-dealkylation sites (tertiary alicyclic amines) is 1. The van der Waals surface area contributed by atoms with Crippen molar-refractivity contribution in [2.24, 2.45) is 11.8 Å². The van der Waals surface area contributed by atoms with Crippen LogP contribution in [0, 0.1) is 11.8 Å². The molecule has 1 amide bonds. The molecule has 0 aromatic heterocycles. The minimum absolute atomic E-state index is 0.0229. The third kappa shape index (κ3) is 5.19. The largest absolute Gasteiger partial charge is 0.463 e. The van der Waals surface area contributed by atoms with Crippen LogP contribution in [-0.4, -0.2) is 49.7 Å². The van der Waals surface area contributed by atoms with Gasteiger partial charge in [0, 0.05) is 25.6 Å². The Kier molecular flexibility index (Phi) is 6.84. The van der Waals surface area contributed by atoms with Gasteiger partial charge in [0.1, 0.15) is 6.61 Å². The lowest BCUT2D eigenvalue weighted by molar-refractivity contribution is -0.153. The van der Waals surface area contributed by atoms with Gasteiger partial charge in [0.05, 0.1) is 12.5 Å². The van der Waals surface area contributed by atoms with Crippen LogP contribution in [0.3, 0.4) is 0 Å². The lowest BCUT2D eigenvalue weighted by Crippen LogP contribution is -2.42. The molecule has 110 valence electrons. The van der Waals surface area contributed by atoms with E-state index in [1.54, 1.807) is 0 Å². The molecule has 0 N–H and O–H groups in total. The second-order valence-electron chi connectivity index (χ2n) is 5.12. The van der Waals surface area contributed by atoms with E-state index in [0.717, 1.165) is 0 Å². The zero-order chi connectivity index (χ0) is 14.3. The molecule has 0 saturated carbocycles. The monoisotopic (exact) mass is 271 g/mol. The van der Waals surface area contributed by atoms with Crippen LogP contribution in [-0.2, 0) is 19.1 Å². The number of amides is 1. The van der Waals surface area contributed by atoms with E-state index >= 15 is 0 Å². The van der Waals surface area contributed by atoms with Crippen molar-refractivity contribution in [3.05, 3.63) is 0 Å². The molecule has 1 aliphatic rings. The van der Waals surface area contributed by atoms with Gasteiger partial charge in [-0.05, 0) is 19.8 Å². The van der Waals surface area contributed by atoms with Crippen LogP contribution in [0.5, 0.6) is 0 Å². The first-order valence-corrected chi connectivity index (χ1v) is 7.09. The summed E-state index contributed by atoms with van der Waals surface area (Å²) in [5, 5.41) is 0. The number of nitrogens with zero attached hydrogens (tertiary/aromatic N) is 1. The number of carbonyl (C=O) groups excluding carboxylic acids is 2. The Labute approximate surface area is 115 Å². The quantitative estimate of drug-likeness (QED) is 0.542. The van der Waals surface area contributed by atoms with Crippen molar-refractivity contribution in [3.63, 3.8) is 0 Å². The van der Waals surface area contributed by atoms with Crippen molar-refractivity contribution in [1.29, 1.82) is 0 Å². The molecule has 1 fully saturated rings. The first-order valence-electron chi connectivity index (χ1n) is 7.09. The fraction of sp³-hybridized carbons (Fsp3) is 0.857. The first-order chi connectivity index (χ1) is 9.06. The van der Waals surface area contributed by atoms with Crippen LogP contribution < -0.4 is 0 Å². The summed E-state index contributed by atoms with van der Waals surface area (Å²) < 4.78 is 10.3. The smallest absolute Gasteiger partial charge is 0.309 e. The first kappa shape index (κ1) is 16.0. The van der Waals surface area contributed by atoms with Crippen molar-refractivity contribution >= 4 is 11.9 Å². The molecular weight excluding hydrogens is 246 g/mol. The highest BCUT2D eigenvalue weighted by Gasteiger charge is 2.28. The van der Waals surface area contributed by atoms with Gasteiger partial charge in [-0.25, -0.2) is 0 Å². The van der Waals surface area contributed by atoms with E-state index in [1.807, 2.05) is 25.7 Å². The predicted octanol–water partition coefficient (Wildman–Crippen LogP) is 1.46. The van der Waals surface area contributed by atoms with Crippen LogP contribution in [0.25, 0.3) is 0 Å². The zero-order valence-electron chi connectivity index (χ0n) is 12.2. The van der Waals surface area contributed by atoms with Crippen molar-refractivity contribution in [3.8, 4) is 0 Å². The van der Waals surface area contributed by atoms with Gasteiger partial charge in [-0.3, -0.25) is 9.59 Å². The normalized spacial score (nSPS) is 16.7. The number of carbonyl (C=O) groups is 2. The summed E-state index contributed by atoms with van der Waals surface area (Å²) in [5.41, 5.74) is 0. The van der Waals surface area contributed by atoms with Crippen molar-refractivity contribution in [2.45, 2.75) is 33.6 Å². The van der Waals surface area contributed by atoms with Gasteiger partial charge in [-0.2, -0.15) is 0 Å². The number of hydrogen-bond donors (Lipinski definition) is 0. The Morgan fingerprint density at radius 2 is 1.84 bits per heavy atom. The maximum Gasteiger partial charge on any atom is 0.309 e. The molecule has 0 spiro atoms. The van der Waals surface area contributed by atoms with E-state index in [0.29, 0.717) is 45.8 Å². The van der Waals surface area contributed by atoms with Gasteiger partial charge in [0.2, 0.25) is 5.91 Å². The van der Waals surface area contributed by atoms with E-state index < -0.39 is 0 Å². The molecule has 0 aromatic rings. The van der Waals surface area contributed by atoms with Crippen LogP contribution in [0.4, 0.5) is 0 Å². The lowest BCUT2D eigenvalue weighted by atomic mass is 9.96. The molecule has 0 aromatic carbocycles. The van der Waals surface area contributed by atoms with Gasteiger partial charge < -0.3 is 14.4 Å². The van der Waals surface area contributed by atoms with Crippen LogP contribution in [0.2, 0.25) is 0 Å². The van der Waals surface area contributed by atoms with Crippen LogP contribution in [0.15, 0.2) is 0 Å². The number of piperidine rings is 1. The predicted molar refractivity (Wildman–Crippen MR) is 71.6 cm³/mol. The molecule has 5 heteroatoms. The maximum atomic E-state index is 11.8. The Balaban J connectivity index is 2.25. The molecule has 1 saturated heterocycles. The zero-order valence-corrected chi connectivity index (χ0v) is 12.2. The van der Waals surface area contributed by atoms with E-state index in [1.165, 1.54) is 0 Å². The van der Waals surface area contributed by atoms with Gasteiger partial charge in [0.25, 0.3) is 0 Å². The molecule has 0 radical (unpaired) electrons. The molecule has 1 aliphatic heterocycles. The number of ether oxygens (including phenoxy) is 2. The summed E-state index contributed by atoms with van der Waals surface area (Å²) in [4.78, 5) is 25.4. The van der Waals surface area contributed by atoms with Crippen molar-refractivity contribution in [1.82, 2.24) is 4.90 Å². The van der Waals surface area contributed by atoms with Gasteiger partial charge >= 0.3 is 5.97 Å². The molecule has 0 atom stereocenters. The topological polar surface area (TPSA) is 55.8 Å². The second-order valence-corrected chi connectivity index (χ2v) is 5.12. The molecule has 1 rings (SSSR count). The number of hydrogen-bond acceptors (Lipinski definition) is 4. The van der Waals surface area contributed by atoms with E-state index in [-0.39, 0.29) is 23.7 Å². The Hall–Kier alpha value is -1.10. The SMILES string of the molecule is CCOCCOC(=O)C1CCN(C(=O)C(C)C)CC1. The van der Waals surface area contributed by atoms with E-state index in [9.17, 15) is 9.59 Å². The highest BCUT2D eigenvalue weighted by atomic mass is 16.6. The Morgan fingerprint density at radius 3 is 2.37 bits per heavy atom. The maximum absolute atomic E-state index is 11.8. The second kappa shape index (κ2) is 8.15. The van der Waals surface area contributed by atoms with Gasteiger partial charge in [-0.1, -0.05) is 13.8 Å². The highest BCUT2D eigenvalue weighted by Crippen LogP contribution is 2.20. The number of rotatable bonds is 6. The average molecular weight is 271 g/mol. The molecule has 19 heavy (non-hydrogen) atoms. The Morgan fingerprint density at radius 1 is 1.21 bits per heavy atom. The summed E-state index contributed by atoms with van der Waals surface area (Å²) in [5.74, 6) is -0.0351. The molecule has 0 bridgehead atoms. The van der Waals surface area contributed by atoms with Crippen LogP contribution in [0.1, 0.15) is 33.6 Å².